The maximum atomic E-state index is 15.2. The molecule has 1 aliphatic carbocycles. The van der Waals surface area contributed by atoms with Crippen LogP contribution in [-0.4, -0.2) is 6.61 Å². The number of hydrogen-bond donors (Lipinski definition) is 0. The molecule has 1 saturated carbocycles. The SMILES string of the molecule is C=CCCOc1ccc(-c2ccc(-c3ccc(C4CCC(CCCCC)CC4)cc3F)cc2)c(F)c1F. The molecule has 0 radical (unpaired) electrons. The van der Waals surface area contributed by atoms with E-state index in [1.807, 2.05) is 6.07 Å². The number of benzene rings is 3. The van der Waals surface area contributed by atoms with Crippen molar-refractivity contribution in [2.75, 3.05) is 6.61 Å². The van der Waals surface area contributed by atoms with E-state index < -0.39 is 11.6 Å². The highest BCUT2D eigenvalue weighted by Gasteiger charge is 2.23. The number of rotatable bonds is 11. The maximum absolute atomic E-state index is 15.2. The van der Waals surface area contributed by atoms with Crippen molar-refractivity contribution in [1.82, 2.24) is 0 Å². The molecule has 1 aliphatic rings. The molecular formula is C33H37F3O. The molecule has 0 saturated heterocycles. The first-order chi connectivity index (χ1) is 18.0. The van der Waals surface area contributed by atoms with Crippen molar-refractivity contribution in [2.45, 2.75) is 70.6 Å². The highest BCUT2D eigenvalue weighted by Crippen LogP contribution is 2.39. The van der Waals surface area contributed by atoms with Gasteiger partial charge in [0.2, 0.25) is 5.82 Å². The lowest BCUT2D eigenvalue weighted by atomic mass is 9.77. The molecular weight excluding hydrogens is 469 g/mol. The summed E-state index contributed by atoms with van der Waals surface area (Å²) in [5.74, 6) is -1.08. The molecule has 0 bridgehead atoms. The Morgan fingerprint density at radius 1 is 0.838 bits per heavy atom. The summed E-state index contributed by atoms with van der Waals surface area (Å²) in [5, 5.41) is 0. The highest BCUT2D eigenvalue weighted by atomic mass is 19.2. The van der Waals surface area contributed by atoms with Gasteiger partial charge < -0.3 is 4.74 Å². The first-order valence-electron chi connectivity index (χ1n) is 13.6. The minimum absolute atomic E-state index is 0.119. The Bertz CT molecular complexity index is 1180. The van der Waals surface area contributed by atoms with Crippen molar-refractivity contribution < 1.29 is 17.9 Å². The lowest BCUT2D eigenvalue weighted by Crippen LogP contribution is -2.13. The molecule has 0 amide bonds. The second kappa shape index (κ2) is 13.0. The molecule has 0 N–H and O–H groups in total. The van der Waals surface area contributed by atoms with Gasteiger partial charge in [0, 0.05) is 11.1 Å². The normalized spacial score (nSPS) is 17.5. The molecule has 0 heterocycles. The van der Waals surface area contributed by atoms with Gasteiger partial charge in [-0.1, -0.05) is 75.1 Å². The Labute approximate surface area is 219 Å². The third kappa shape index (κ3) is 6.66. The maximum Gasteiger partial charge on any atom is 0.201 e. The van der Waals surface area contributed by atoms with Crippen molar-refractivity contribution in [3.05, 3.63) is 90.3 Å². The van der Waals surface area contributed by atoms with Crippen LogP contribution in [-0.2, 0) is 0 Å². The quantitative estimate of drug-likeness (QED) is 0.186. The van der Waals surface area contributed by atoms with Crippen LogP contribution in [0.4, 0.5) is 13.2 Å². The van der Waals surface area contributed by atoms with Gasteiger partial charge >= 0.3 is 0 Å². The third-order valence-electron chi connectivity index (χ3n) is 7.66. The zero-order valence-electron chi connectivity index (χ0n) is 21.7. The third-order valence-corrected chi connectivity index (χ3v) is 7.66. The van der Waals surface area contributed by atoms with E-state index in [9.17, 15) is 8.78 Å². The fraction of sp³-hybridized carbons (Fsp3) is 0.394. The van der Waals surface area contributed by atoms with Gasteiger partial charge in [-0.05, 0) is 78.8 Å². The van der Waals surface area contributed by atoms with E-state index in [2.05, 4.69) is 19.6 Å². The van der Waals surface area contributed by atoms with Crippen molar-refractivity contribution in [3.8, 4) is 28.0 Å². The average molecular weight is 507 g/mol. The molecule has 0 unspecified atom stereocenters. The van der Waals surface area contributed by atoms with Crippen LogP contribution in [0, 0.1) is 23.4 Å². The van der Waals surface area contributed by atoms with E-state index in [-0.39, 0.29) is 23.7 Å². The van der Waals surface area contributed by atoms with Gasteiger partial charge in [-0.25, -0.2) is 8.78 Å². The zero-order chi connectivity index (χ0) is 26.2. The Morgan fingerprint density at radius 3 is 2.16 bits per heavy atom. The summed E-state index contributed by atoms with van der Waals surface area (Å²) >= 11 is 0. The summed E-state index contributed by atoms with van der Waals surface area (Å²) in [6, 6.07) is 15.4. The largest absolute Gasteiger partial charge is 0.490 e. The second-order valence-corrected chi connectivity index (χ2v) is 10.2. The molecule has 0 aliphatic heterocycles. The Kier molecular flexibility index (Phi) is 9.49. The van der Waals surface area contributed by atoms with Crippen molar-refractivity contribution in [1.29, 1.82) is 0 Å². The van der Waals surface area contributed by atoms with Crippen LogP contribution in [0.15, 0.2) is 67.3 Å². The van der Waals surface area contributed by atoms with E-state index in [0.717, 1.165) is 24.3 Å². The predicted octanol–water partition coefficient (Wildman–Crippen LogP) is 10.2. The lowest BCUT2D eigenvalue weighted by Gasteiger charge is -2.29. The summed E-state index contributed by atoms with van der Waals surface area (Å²) < 4.78 is 49.7. The minimum Gasteiger partial charge on any atom is -0.490 e. The van der Waals surface area contributed by atoms with Crippen LogP contribution in [0.25, 0.3) is 22.3 Å². The number of halogens is 3. The summed E-state index contributed by atoms with van der Waals surface area (Å²) in [7, 11) is 0. The molecule has 4 heteroatoms. The van der Waals surface area contributed by atoms with Gasteiger partial charge in [0.15, 0.2) is 11.6 Å². The second-order valence-electron chi connectivity index (χ2n) is 10.2. The van der Waals surface area contributed by atoms with E-state index in [1.165, 1.54) is 50.7 Å². The Morgan fingerprint density at radius 2 is 1.51 bits per heavy atom. The molecule has 0 atom stereocenters. The predicted molar refractivity (Wildman–Crippen MR) is 146 cm³/mol. The molecule has 1 fully saturated rings. The van der Waals surface area contributed by atoms with Gasteiger partial charge in [0.05, 0.1) is 6.61 Å². The molecule has 37 heavy (non-hydrogen) atoms. The fourth-order valence-electron chi connectivity index (χ4n) is 5.43. The first-order valence-corrected chi connectivity index (χ1v) is 13.6. The van der Waals surface area contributed by atoms with Crippen LogP contribution in [0.3, 0.4) is 0 Å². The molecule has 196 valence electrons. The van der Waals surface area contributed by atoms with Crippen molar-refractivity contribution in [3.63, 3.8) is 0 Å². The molecule has 0 aromatic heterocycles. The first kappa shape index (κ1) is 27.0. The van der Waals surface area contributed by atoms with Gasteiger partial charge in [-0.2, -0.15) is 4.39 Å². The highest BCUT2D eigenvalue weighted by molar-refractivity contribution is 5.71. The van der Waals surface area contributed by atoms with Crippen molar-refractivity contribution >= 4 is 0 Å². The average Bonchev–Trinajstić information content (AvgIpc) is 2.92. The monoisotopic (exact) mass is 506 g/mol. The van der Waals surface area contributed by atoms with Crippen LogP contribution >= 0.6 is 0 Å². The fourth-order valence-corrected chi connectivity index (χ4v) is 5.43. The van der Waals surface area contributed by atoms with E-state index in [4.69, 9.17) is 4.74 Å². The van der Waals surface area contributed by atoms with Gasteiger partial charge in [0.25, 0.3) is 0 Å². The number of ether oxygens (including phenoxy) is 1. The standard InChI is InChI=1S/C33H37F3O/c1-3-5-7-8-23-9-11-24(12-10-23)27-17-18-28(30(34)22-27)25-13-15-26(16-14-25)29-19-20-31(33(36)32(29)35)37-21-6-4-2/h4,13-20,22-24H,2-3,5-12,21H2,1H3. The van der Waals surface area contributed by atoms with Crippen LogP contribution in [0.2, 0.25) is 0 Å². The van der Waals surface area contributed by atoms with E-state index >= 15 is 4.39 Å². The van der Waals surface area contributed by atoms with Crippen LogP contribution < -0.4 is 4.74 Å². The van der Waals surface area contributed by atoms with Gasteiger partial charge in [-0.3, -0.25) is 0 Å². The Hall–Kier alpha value is -3.01. The summed E-state index contributed by atoms with van der Waals surface area (Å²) in [6.45, 7) is 6.06. The van der Waals surface area contributed by atoms with Gasteiger partial charge in [-0.15, -0.1) is 6.58 Å². The lowest BCUT2D eigenvalue weighted by molar-refractivity contribution is 0.302. The van der Waals surface area contributed by atoms with Gasteiger partial charge in [0.1, 0.15) is 5.82 Å². The summed E-state index contributed by atoms with van der Waals surface area (Å²) in [5.41, 5.74) is 2.96. The summed E-state index contributed by atoms with van der Waals surface area (Å²) in [4.78, 5) is 0. The molecule has 0 spiro atoms. The van der Waals surface area contributed by atoms with Crippen LogP contribution in [0.1, 0.15) is 76.2 Å². The van der Waals surface area contributed by atoms with E-state index in [0.29, 0.717) is 29.0 Å². The smallest absolute Gasteiger partial charge is 0.201 e. The number of hydrogen-bond acceptors (Lipinski definition) is 1. The minimum atomic E-state index is -1.01. The molecule has 3 aromatic carbocycles. The zero-order valence-corrected chi connectivity index (χ0v) is 21.7. The van der Waals surface area contributed by atoms with Crippen molar-refractivity contribution in [2.24, 2.45) is 5.92 Å². The van der Waals surface area contributed by atoms with E-state index in [1.54, 1.807) is 36.4 Å². The Balaban J connectivity index is 1.43. The number of unbranched alkanes of at least 4 members (excludes halogenated alkanes) is 2. The van der Waals surface area contributed by atoms with Crippen LogP contribution in [0.5, 0.6) is 5.75 Å². The topological polar surface area (TPSA) is 9.23 Å². The molecule has 3 aromatic rings. The summed E-state index contributed by atoms with van der Waals surface area (Å²) in [6.07, 6.45) is 12.2. The molecule has 1 nitrogen and oxygen atoms in total. The molecule has 4 rings (SSSR count).